The van der Waals surface area contributed by atoms with Crippen LogP contribution in [0.2, 0.25) is 0 Å². The Balaban J connectivity index is 1.78. The minimum atomic E-state index is -1.18. The summed E-state index contributed by atoms with van der Waals surface area (Å²) in [6.07, 6.45) is 7.93. The zero-order valence-corrected chi connectivity index (χ0v) is 25.1. The largest absolute Gasteiger partial charge is 0.465 e. The van der Waals surface area contributed by atoms with E-state index in [-0.39, 0.29) is 31.6 Å². The number of unbranched alkanes of at least 4 members (excludes halogenated alkanes) is 2. The van der Waals surface area contributed by atoms with E-state index in [4.69, 9.17) is 9.47 Å². The van der Waals surface area contributed by atoms with Gasteiger partial charge in [0.15, 0.2) is 0 Å². The average Bonchev–Trinajstić information content (AvgIpc) is 3.57. The van der Waals surface area contributed by atoms with Crippen molar-refractivity contribution in [3.05, 3.63) is 54.6 Å². The molecule has 3 saturated heterocycles. The number of nitrogens with zero attached hydrogens (tertiary/aromatic N) is 2. The first kappa shape index (κ1) is 31.0. The van der Waals surface area contributed by atoms with E-state index >= 15 is 0 Å². The van der Waals surface area contributed by atoms with Crippen molar-refractivity contribution in [2.75, 3.05) is 24.7 Å². The second-order valence-corrected chi connectivity index (χ2v) is 11.8. The second kappa shape index (κ2) is 12.5. The third-order valence-electron chi connectivity index (χ3n) is 9.46. The molecule has 4 rings (SSSR count). The van der Waals surface area contributed by atoms with E-state index in [2.05, 4.69) is 13.2 Å². The maximum absolute atomic E-state index is 14.8. The molecule has 6 atom stereocenters. The fraction of sp³-hybridized carbons (Fsp3) is 0.606. The van der Waals surface area contributed by atoms with Gasteiger partial charge in [0.25, 0.3) is 5.91 Å². The summed E-state index contributed by atoms with van der Waals surface area (Å²) in [5, 5.41) is 10.4. The predicted molar refractivity (Wildman–Crippen MR) is 158 cm³/mol. The number of hydrogen-bond donors (Lipinski definition) is 1. The first-order valence-electron chi connectivity index (χ1n) is 15.1. The number of esters is 1. The van der Waals surface area contributed by atoms with Crippen LogP contribution in [0, 0.1) is 25.7 Å². The highest BCUT2D eigenvalue weighted by Gasteiger charge is 2.79. The molecule has 3 aliphatic rings. The molecule has 3 aliphatic heterocycles. The van der Waals surface area contributed by atoms with Crippen LogP contribution in [-0.2, 0) is 23.9 Å². The second-order valence-electron chi connectivity index (χ2n) is 11.8. The van der Waals surface area contributed by atoms with Crippen molar-refractivity contribution in [2.45, 2.75) is 95.9 Å². The zero-order valence-electron chi connectivity index (χ0n) is 25.1. The molecule has 0 aliphatic carbocycles. The molecule has 1 aromatic rings. The topological polar surface area (TPSA) is 96.4 Å². The Bertz CT molecular complexity index is 1180. The lowest BCUT2D eigenvalue weighted by molar-refractivity contribution is -0.162. The minimum Gasteiger partial charge on any atom is -0.465 e. The van der Waals surface area contributed by atoms with Gasteiger partial charge in [-0.05, 0) is 76.0 Å². The van der Waals surface area contributed by atoms with Gasteiger partial charge in [-0.15, -0.1) is 13.2 Å². The van der Waals surface area contributed by atoms with Crippen molar-refractivity contribution >= 4 is 23.5 Å². The SMILES string of the molecule is C=CCCCCOC(=O)[C@H]1[C@H]2C(=O)N([C@@H](CC)CO)C(C(=O)N(CC=C)c3cc(C)ccc3C)C23CC[C@]1(CC)O3. The van der Waals surface area contributed by atoms with E-state index in [1.807, 2.05) is 52.0 Å². The fourth-order valence-corrected chi connectivity index (χ4v) is 7.35. The Labute approximate surface area is 244 Å². The highest BCUT2D eigenvalue weighted by Crippen LogP contribution is 2.65. The molecule has 0 radical (unpaired) electrons. The van der Waals surface area contributed by atoms with Crippen LogP contribution >= 0.6 is 0 Å². The van der Waals surface area contributed by atoms with Crippen molar-refractivity contribution in [3.63, 3.8) is 0 Å². The maximum atomic E-state index is 14.8. The highest BCUT2D eigenvalue weighted by atomic mass is 16.6. The summed E-state index contributed by atoms with van der Waals surface area (Å²) >= 11 is 0. The Morgan fingerprint density at radius 3 is 2.61 bits per heavy atom. The third-order valence-corrected chi connectivity index (χ3v) is 9.46. The van der Waals surface area contributed by atoms with Crippen LogP contribution in [0.25, 0.3) is 0 Å². The number of rotatable bonds is 14. The molecule has 8 nitrogen and oxygen atoms in total. The molecule has 3 fully saturated rings. The number of aliphatic hydroxyl groups excluding tert-OH is 1. The molecule has 1 N–H and O–H groups in total. The molecule has 224 valence electrons. The van der Waals surface area contributed by atoms with Gasteiger partial charge in [0.05, 0.1) is 30.8 Å². The van der Waals surface area contributed by atoms with Crippen LogP contribution in [0.4, 0.5) is 5.69 Å². The molecular formula is C33H46N2O6. The van der Waals surface area contributed by atoms with Gasteiger partial charge in [0.1, 0.15) is 17.6 Å². The van der Waals surface area contributed by atoms with Crippen LogP contribution in [-0.4, -0.2) is 70.8 Å². The Hall–Kier alpha value is -2.97. The van der Waals surface area contributed by atoms with Crippen molar-refractivity contribution in [1.82, 2.24) is 4.90 Å². The minimum absolute atomic E-state index is 0.243. The molecule has 0 saturated carbocycles. The number of anilines is 1. The van der Waals surface area contributed by atoms with Gasteiger partial charge in [-0.2, -0.15) is 0 Å². The Morgan fingerprint density at radius 1 is 1.22 bits per heavy atom. The van der Waals surface area contributed by atoms with Crippen LogP contribution in [0.3, 0.4) is 0 Å². The quantitative estimate of drug-likeness (QED) is 0.200. The summed E-state index contributed by atoms with van der Waals surface area (Å²) in [7, 11) is 0. The van der Waals surface area contributed by atoms with E-state index in [0.29, 0.717) is 32.1 Å². The van der Waals surface area contributed by atoms with E-state index in [1.165, 1.54) is 4.90 Å². The Morgan fingerprint density at radius 2 is 1.98 bits per heavy atom. The van der Waals surface area contributed by atoms with Crippen molar-refractivity contribution in [3.8, 4) is 0 Å². The lowest BCUT2D eigenvalue weighted by atomic mass is 9.65. The lowest BCUT2D eigenvalue weighted by Gasteiger charge is -2.39. The van der Waals surface area contributed by atoms with E-state index < -0.39 is 41.1 Å². The van der Waals surface area contributed by atoms with Gasteiger partial charge in [-0.1, -0.05) is 38.1 Å². The van der Waals surface area contributed by atoms with Crippen LogP contribution in [0.1, 0.15) is 69.9 Å². The summed E-state index contributed by atoms with van der Waals surface area (Å²) < 4.78 is 12.6. The summed E-state index contributed by atoms with van der Waals surface area (Å²) in [6.45, 7) is 15.6. The first-order chi connectivity index (χ1) is 19.7. The smallest absolute Gasteiger partial charge is 0.312 e. The van der Waals surface area contributed by atoms with Crippen molar-refractivity contribution in [1.29, 1.82) is 0 Å². The van der Waals surface area contributed by atoms with Gasteiger partial charge in [-0.25, -0.2) is 0 Å². The van der Waals surface area contributed by atoms with E-state index in [1.54, 1.807) is 11.0 Å². The number of aryl methyl sites for hydroxylation is 2. The molecule has 1 aromatic carbocycles. The normalized spacial score (nSPS) is 28.9. The number of carbonyl (C=O) groups excluding carboxylic acids is 3. The number of hydrogen-bond acceptors (Lipinski definition) is 6. The van der Waals surface area contributed by atoms with Gasteiger partial charge in [0, 0.05) is 12.2 Å². The summed E-state index contributed by atoms with van der Waals surface area (Å²) in [5.74, 6) is -2.69. The Kier molecular flexibility index (Phi) is 9.44. The van der Waals surface area contributed by atoms with E-state index in [0.717, 1.165) is 29.7 Å². The van der Waals surface area contributed by atoms with E-state index in [9.17, 15) is 19.5 Å². The number of amides is 2. The number of ether oxygens (including phenoxy) is 2. The average molecular weight is 567 g/mol. The van der Waals surface area contributed by atoms with Crippen molar-refractivity contribution < 1.29 is 29.0 Å². The van der Waals surface area contributed by atoms with Gasteiger partial charge < -0.3 is 24.4 Å². The number of carbonyl (C=O) groups is 3. The molecule has 2 bridgehead atoms. The predicted octanol–water partition coefficient (Wildman–Crippen LogP) is 4.65. The standard InChI is InChI=1S/C33H46N2O6/c1-7-11-12-13-19-40-31(39)27-26-29(37)35(24(9-3)21-36)28(33(26)17-16-32(27,10-4)41-33)30(38)34(18-8-2)25-20-22(5)14-15-23(25)6/h7-8,14-15,20,24,26-28,36H,1-2,9-13,16-19,21H2,3-6H3/t24-,26-,27+,28?,32-,33?/m0/s1. The fourth-order valence-electron chi connectivity index (χ4n) is 7.35. The van der Waals surface area contributed by atoms with Gasteiger partial charge in [-0.3, -0.25) is 14.4 Å². The lowest BCUT2D eigenvalue weighted by Crippen LogP contribution is -2.59. The van der Waals surface area contributed by atoms with Crippen LogP contribution in [0.5, 0.6) is 0 Å². The molecule has 2 amide bonds. The van der Waals surface area contributed by atoms with Crippen LogP contribution in [0.15, 0.2) is 43.5 Å². The van der Waals surface area contributed by atoms with Crippen LogP contribution < -0.4 is 4.90 Å². The summed E-state index contributed by atoms with van der Waals surface area (Å²) in [6, 6.07) is 4.35. The summed E-state index contributed by atoms with van der Waals surface area (Å²) in [5.41, 5.74) is 0.615. The number of fused-ring (bicyclic) bond motifs is 1. The first-order valence-corrected chi connectivity index (χ1v) is 15.1. The molecule has 2 unspecified atom stereocenters. The molecular weight excluding hydrogens is 520 g/mol. The number of benzene rings is 1. The molecule has 41 heavy (non-hydrogen) atoms. The van der Waals surface area contributed by atoms with Gasteiger partial charge in [0.2, 0.25) is 5.91 Å². The zero-order chi connectivity index (χ0) is 29.9. The third kappa shape index (κ3) is 5.14. The van der Waals surface area contributed by atoms with Gasteiger partial charge >= 0.3 is 5.97 Å². The molecule has 1 spiro atoms. The number of allylic oxidation sites excluding steroid dienone is 1. The highest BCUT2D eigenvalue weighted by molar-refractivity contribution is 6.05. The molecule has 3 heterocycles. The maximum Gasteiger partial charge on any atom is 0.312 e. The monoisotopic (exact) mass is 566 g/mol. The number of likely N-dealkylation sites (tertiary alicyclic amines) is 1. The number of aliphatic hydroxyl groups is 1. The molecule has 0 aromatic heterocycles. The summed E-state index contributed by atoms with van der Waals surface area (Å²) in [4.78, 5) is 46.1. The van der Waals surface area contributed by atoms with Crippen molar-refractivity contribution in [2.24, 2.45) is 11.8 Å². The molecule has 8 heteroatoms.